The van der Waals surface area contributed by atoms with E-state index in [4.69, 9.17) is 28.7 Å². The zero-order chi connectivity index (χ0) is 20.3. The lowest BCUT2D eigenvalue weighted by Crippen LogP contribution is -2.14. The molecule has 0 radical (unpaired) electrons. The van der Waals surface area contributed by atoms with E-state index in [-0.39, 0.29) is 5.91 Å². The van der Waals surface area contributed by atoms with E-state index in [9.17, 15) is 4.79 Å². The van der Waals surface area contributed by atoms with Gasteiger partial charge in [-0.2, -0.15) is 0 Å². The number of nitrogens with two attached hydrogens (primary N) is 5. The van der Waals surface area contributed by atoms with E-state index >= 15 is 0 Å². The molecule has 0 spiro atoms. The fourth-order valence-corrected chi connectivity index (χ4v) is 2.71. The molecular formula is C21H22N6O. The van der Waals surface area contributed by atoms with Gasteiger partial charge in [-0.25, -0.2) is 0 Å². The van der Waals surface area contributed by atoms with Crippen LogP contribution in [0.1, 0.15) is 21.5 Å². The van der Waals surface area contributed by atoms with Crippen LogP contribution in [0.5, 0.6) is 0 Å². The summed E-state index contributed by atoms with van der Waals surface area (Å²) in [7, 11) is 0. The number of nitrogens with one attached hydrogen (secondary N) is 1. The van der Waals surface area contributed by atoms with E-state index < -0.39 is 0 Å². The van der Waals surface area contributed by atoms with Crippen LogP contribution in [0.25, 0.3) is 12.2 Å². The zero-order valence-electron chi connectivity index (χ0n) is 15.1. The maximum Gasteiger partial charge on any atom is 0.257 e. The van der Waals surface area contributed by atoms with Gasteiger partial charge in [0, 0.05) is 17.1 Å². The van der Waals surface area contributed by atoms with Crippen molar-refractivity contribution in [3.63, 3.8) is 0 Å². The largest absolute Gasteiger partial charge is 0.398 e. The van der Waals surface area contributed by atoms with Crippen molar-refractivity contribution in [3.8, 4) is 0 Å². The van der Waals surface area contributed by atoms with Gasteiger partial charge in [0.25, 0.3) is 5.91 Å². The topological polar surface area (TPSA) is 159 Å². The van der Waals surface area contributed by atoms with Crippen molar-refractivity contribution >= 4 is 52.2 Å². The smallest absolute Gasteiger partial charge is 0.257 e. The number of anilines is 6. The summed E-state index contributed by atoms with van der Waals surface area (Å²) in [5, 5.41) is 2.79. The third-order valence-electron chi connectivity index (χ3n) is 4.27. The number of benzene rings is 3. The monoisotopic (exact) mass is 374 g/mol. The quantitative estimate of drug-likeness (QED) is 0.304. The first-order valence-electron chi connectivity index (χ1n) is 8.53. The third kappa shape index (κ3) is 3.99. The number of carbonyl (C=O) groups is 1. The number of hydrogen-bond acceptors (Lipinski definition) is 6. The predicted octanol–water partition coefficient (Wildman–Crippen LogP) is 3.02. The van der Waals surface area contributed by atoms with Gasteiger partial charge in [-0.05, 0) is 47.5 Å². The molecule has 11 N–H and O–H groups in total. The Morgan fingerprint density at radius 2 is 1.43 bits per heavy atom. The maximum atomic E-state index is 12.4. The molecule has 0 saturated heterocycles. The number of para-hydroxylation sites is 1. The fourth-order valence-electron chi connectivity index (χ4n) is 2.71. The van der Waals surface area contributed by atoms with Crippen molar-refractivity contribution in [2.75, 3.05) is 34.0 Å². The van der Waals surface area contributed by atoms with Gasteiger partial charge in [0.1, 0.15) is 0 Å². The average Bonchev–Trinajstić information content (AvgIpc) is 2.65. The Labute approximate surface area is 162 Å². The molecule has 0 fully saturated rings. The molecular weight excluding hydrogens is 352 g/mol. The summed E-state index contributed by atoms with van der Waals surface area (Å²) >= 11 is 0. The highest BCUT2D eigenvalue weighted by molar-refractivity contribution is 6.08. The van der Waals surface area contributed by atoms with Crippen LogP contribution in [0.15, 0.2) is 54.6 Å². The molecule has 0 aromatic heterocycles. The molecule has 7 heteroatoms. The van der Waals surface area contributed by atoms with Gasteiger partial charge >= 0.3 is 0 Å². The summed E-state index contributed by atoms with van der Waals surface area (Å²) in [5.74, 6) is -0.298. The Hall–Kier alpha value is -4.13. The van der Waals surface area contributed by atoms with Gasteiger partial charge in [-0.1, -0.05) is 30.4 Å². The molecule has 0 bridgehead atoms. The molecule has 0 atom stereocenters. The molecule has 1 amide bonds. The zero-order valence-corrected chi connectivity index (χ0v) is 15.1. The fraction of sp³-hybridized carbons (Fsp3) is 0. The first-order valence-corrected chi connectivity index (χ1v) is 8.53. The van der Waals surface area contributed by atoms with E-state index in [1.807, 2.05) is 12.2 Å². The lowest BCUT2D eigenvalue weighted by Gasteiger charge is -2.09. The standard InChI is InChI=1S/C21H22N6O/c22-16-4-2-1-3-15(16)21(28)27-14-8-7-13(17(23)11-14)6-5-12-9-18(24)20(26)19(25)10-12/h1-11H,22-26H2,(H,27,28)/b6-5+. The van der Waals surface area contributed by atoms with Crippen LogP contribution in [0, 0.1) is 0 Å². The molecule has 3 aromatic carbocycles. The maximum absolute atomic E-state index is 12.4. The summed E-state index contributed by atoms with van der Waals surface area (Å²) in [6.07, 6.45) is 3.67. The number of rotatable bonds is 4. The molecule has 0 heterocycles. The minimum atomic E-state index is -0.298. The van der Waals surface area contributed by atoms with E-state index in [2.05, 4.69) is 5.32 Å². The first-order chi connectivity index (χ1) is 13.3. The minimum Gasteiger partial charge on any atom is -0.398 e. The SMILES string of the molecule is Nc1cc(NC(=O)c2ccccc2N)ccc1/C=C/c1cc(N)c(N)c(N)c1. The first kappa shape index (κ1) is 18.7. The molecule has 0 aliphatic rings. The summed E-state index contributed by atoms with van der Waals surface area (Å²) in [5.41, 5.74) is 34.1. The highest BCUT2D eigenvalue weighted by Crippen LogP contribution is 2.26. The molecule has 0 unspecified atom stereocenters. The second-order valence-electron chi connectivity index (χ2n) is 6.33. The third-order valence-corrected chi connectivity index (χ3v) is 4.27. The van der Waals surface area contributed by atoms with Crippen molar-refractivity contribution in [2.45, 2.75) is 0 Å². The molecule has 142 valence electrons. The van der Waals surface area contributed by atoms with Crippen molar-refractivity contribution in [3.05, 3.63) is 71.3 Å². The Bertz CT molecular complexity index is 1050. The predicted molar refractivity (Wildman–Crippen MR) is 118 cm³/mol. The molecule has 28 heavy (non-hydrogen) atoms. The Balaban J connectivity index is 1.77. The van der Waals surface area contributed by atoms with Gasteiger partial charge in [0.05, 0.1) is 22.6 Å². The minimum absolute atomic E-state index is 0.298. The highest BCUT2D eigenvalue weighted by atomic mass is 16.1. The van der Waals surface area contributed by atoms with Gasteiger partial charge in [-0.15, -0.1) is 0 Å². The molecule has 0 aliphatic heterocycles. The average molecular weight is 374 g/mol. The van der Waals surface area contributed by atoms with Crippen LogP contribution in [0.2, 0.25) is 0 Å². The van der Waals surface area contributed by atoms with Crippen LogP contribution >= 0.6 is 0 Å². The summed E-state index contributed by atoms with van der Waals surface area (Å²) in [6.45, 7) is 0. The molecule has 3 aromatic rings. The van der Waals surface area contributed by atoms with Gasteiger partial charge in [0.15, 0.2) is 0 Å². The van der Waals surface area contributed by atoms with E-state index in [0.717, 1.165) is 11.1 Å². The van der Waals surface area contributed by atoms with Crippen LogP contribution in [-0.2, 0) is 0 Å². The number of carbonyl (C=O) groups excluding carboxylic acids is 1. The van der Waals surface area contributed by atoms with Crippen molar-refractivity contribution < 1.29 is 4.79 Å². The van der Waals surface area contributed by atoms with Gasteiger partial charge < -0.3 is 34.0 Å². The van der Waals surface area contributed by atoms with Crippen molar-refractivity contribution in [1.29, 1.82) is 0 Å². The molecule has 0 aliphatic carbocycles. The summed E-state index contributed by atoms with van der Waals surface area (Å²) < 4.78 is 0. The Morgan fingerprint density at radius 3 is 2.07 bits per heavy atom. The van der Waals surface area contributed by atoms with Crippen LogP contribution in [0.4, 0.5) is 34.1 Å². The number of hydrogen-bond donors (Lipinski definition) is 6. The summed E-state index contributed by atoms with van der Waals surface area (Å²) in [4.78, 5) is 12.4. The van der Waals surface area contributed by atoms with E-state index in [1.54, 1.807) is 54.6 Å². The lowest BCUT2D eigenvalue weighted by atomic mass is 10.1. The van der Waals surface area contributed by atoms with Crippen molar-refractivity contribution in [1.82, 2.24) is 0 Å². The Morgan fingerprint density at radius 1 is 0.750 bits per heavy atom. The van der Waals surface area contributed by atoms with Gasteiger partial charge in [0.2, 0.25) is 0 Å². The number of nitrogen functional groups attached to an aromatic ring is 5. The van der Waals surface area contributed by atoms with Gasteiger partial charge in [-0.3, -0.25) is 4.79 Å². The Kier molecular flexibility index (Phi) is 5.08. The van der Waals surface area contributed by atoms with Crippen LogP contribution in [-0.4, -0.2) is 5.91 Å². The molecule has 3 rings (SSSR count). The second kappa shape index (κ2) is 7.63. The lowest BCUT2D eigenvalue weighted by molar-refractivity contribution is 0.102. The second-order valence-corrected chi connectivity index (χ2v) is 6.33. The normalized spacial score (nSPS) is 10.9. The highest BCUT2D eigenvalue weighted by Gasteiger charge is 2.10. The summed E-state index contributed by atoms with van der Waals surface area (Å²) in [6, 6.07) is 15.6. The van der Waals surface area contributed by atoms with Crippen LogP contribution in [0.3, 0.4) is 0 Å². The van der Waals surface area contributed by atoms with E-state index in [1.165, 1.54) is 0 Å². The molecule has 7 nitrogen and oxygen atoms in total. The van der Waals surface area contributed by atoms with Crippen molar-refractivity contribution in [2.24, 2.45) is 0 Å². The number of amides is 1. The van der Waals surface area contributed by atoms with E-state index in [0.29, 0.717) is 39.7 Å². The van der Waals surface area contributed by atoms with Crippen LogP contribution < -0.4 is 34.0 Å². The molecule has 0 saturated carbocycles.